The summed E-state index contributed by atoms with van der Waals surface area (Å²) in [5.41, 5.74) is 1.58. The normalized spacial score (nSPS) is 20.2. The van der Waals surface area contributed by atoms with E-state index in [1.165, 1.54) is 6.42 Å². The van der Waals surface area contributed by atoms with Gasteiger partial charge in [0.1, 0.15) is 0 Å². The van der Waals surface area contributed by atoms with Crippen LogP contribution < -0.4 is 10.6 Å². The first-order chi connectivity index (χ1) is 9.15. The van der Waals surface area contributed by atoms with E-state index < -0.39 is 10.8 Å². The van der Waals surface area contributed by atoms with Crippen LogP contribution in [0.1, 0.15) is 28.8 Å². The van der Waals surface area contributed by atoms with E-state index in [4.69, 9.17) is 0 Å². The molecule has 1 aliphatic rings. The lowest BCUT2D eigenvalue weighted by Crippen LogP contribution is -2.37. The summed E-state index contributed by atoms with van der Waals surface area (Å²) in [5.74, 6) is 0.433. The number of carbonyl (C=O) groups excluding carboxylic acids is 1. The number of hydrogen-bond donors (Lipinski definition) is 2. The Labute approximate surface area is 116 Å². The first-order valence-corrected chi connectivity index (χ1v) is 8.28. The second-order valence-electron chi connectivity index (χ2n) is 4.92. The molecule has 2 N–H and O–H groups in total. The van der Waals surface area contributed by atoms with Crippen LogP contribution in [0.4, 0.5) is 0 Å². The minimum absolute atomic E-state index is 0.0579. The van der Waals surface area contributed by atoms with Gasteiger partial charge in [-0.1, -0.05) is 12.1 Å². The molecule has 1 amide bonds. The Bertz CT molecular complexity index is 470. The zero-order chi connectivity index (χ0) is 13.7. The van der Waals surface area contributed by atoms with Crippen LogP contribution in [0.2, 0.25) is 0 Å². The lowest BCUT2D eigenvalue weighted by Gasteiger charge is -2.11. The molecule has 2 atom stereocenters. The van der Waals surface area contributed by atoms with Crippen LogP contribution in [-0.4, -0.2) is 35.5 Å². The number of rotatable bonds is 5. The maximum atomic E-state index is 12.0. The van der Waals surface area contributed by atoms with Gasteiger partial charge in [0, 0.05) is 41.0 Å². The zero-order valence-corrected chi connectivity index (χ0v) is 12.0. The summed E-state index contributed by atoms with van der Waals surface area (Å²) in [5, 5.41) is 6.29. The topological polar surface area (TPSA) is 58.2 Å². The van der Waals surface area contributed by atoms with Gasteiger partial charge in [-0.2, -0.15) is 0 Å². The molecule has 1 saturated heterocycles. The average Bonchev–Trinajstić information content (AvgIpc) is 2.88. The van der Waals surface area contributed by atoms with Gasteiger partial charge in [-0.3, -0.25) is 9.00 Å². The molecule has 104 valence electrons. The number of amides is 1. The second-order valence-corrected chi connectivity index (χ2v) is 6.36. The summed E-state index contributed by atoms with van der Waals surface area (Å²) in [4.78, 5) is 12.0. The molecule has 1 aliphatic heterocycles. The summed E-state index contributed by atoms with van der Waals surface area (Å²) in [6.45, 7) is 1.71. The molecule has 0 bridgehead atoms. The molecule has 4 nitrogen and oxygen atoms in total. The molecule has 2 rings (SSSR count). The van der Waals surface area contributed by atoms with E-state index in [0.717, 1.165) is 18.5 Å². The summed E-state index contributed by atoms with van der Waals surface area (Å²) >= 11 is 0. The van der Waals surface area contributed by atoms with Gasteiger partial charge in [-0.25, -0.2) is 0 Å². The second kappa shape index (κ2) is 6.82. The third-order valence-corrected chi connectivity index (χ3v) is 3.97. The highest BCUT2D eigenvalue weighted by Crippen LogP contribution is 2.08. The van der Waals surface area contributed by atoms with Gasteiger partial charge < -0.3 is 10.6 Å². The molecule has 0 aromatic heterocycles. The van der Waals surface area contributed by atoms with Gasteiger partial charge in [-0.05, 0) is 37.1 Å². The number of nitrogens with one attached hydrogen (secondary N) is 2. The Morgan fingerprint density at radius 1 is 1.53 bits per heavy atom. The van der Waals surface area contributed by atoms with Crippen molar-refractivity contribution in [3.05, 3.63) is 35.4 Å². The molecular formula is C14H20N2O2S. The van der Waals surface area contributed by atoms with Gasteiger partial charge in [0.05, 0.1) is 0 Å². The van der Waals surface area contributed by atoms with Gasteiger partial charge in [0.2, 0.25) is 0 Å². The average molecular weight is 280 g/mol. The summed E-state index contributed by atoms with van der Waals surface area (Å²) in [7, 11) is -0.885. The van der Waals surface area contributed by atoms with E-state index in [1.807, 2.05) is 18.2 Å². The maximum Gasteiger partial charge on any atom is 0.251 e. The smallest absolute Gasteiger partial charge is 0.251 e. The number of benzene rings is 1. The van der Waals surface area contributed by atoms with Crippen molar-refractivity contribution in [2.24, 2.45) is 0 Å². The third-order valence-electron chi connectivity index (χ3n) is 3.23. The minimum Gasteiger partial charge on any atom is -0.350 e. The molecule has 1 heterocycles. The van der Waals surface area contributed by atoms with Crippen LogP contribution in [0.25, 0.3) is 0 Å². The van der Waals surface area contributed by atoms with Crippen LogP contribution in [0, 0.1) is 0 Å². The van der Waals surface area contributed by atoms with Crippen molar-refractivity contribution in [2.45, 2.75) is 24.6 Å². The Morgan fingerprint density at radius 3 is 3.05 bits per heavy atom. The Kier molecular flexibility index (Phi) is 5.10. The largest absolute Gasteiger partial charge is 0.350 e. The van der Waals surface area contributed by atoms with Gasteiger partial charge >= 0.3 is 0 Å². The van der Waals surface area contributed by atoms with Crippen molar-refractivity contribution >= 4 is 16.7 Å². The number of carbonyl (C=O) groups is 1. The predicted octanol–water partition coefficient (Wildman–Crippen LogP) is 1.05. The van der Waals surface area contributed by atoms with E-state index in [2.05, 4.69) is 10.6 Å². The van der Waals surface area contributed by atoms with E-state index >= 15 is 0 Å². The Hall–Kier alpha value is -1.20. The molecule has 0 spiro atoms. The van der Waals surface area contributed by atoms with Crippen LogP contribution in [-0.2, 0) is 16.6 Å². The van der Waals surface area contributed by atoms with Gasteiger partial charge in [-0.15, -0.1) is 0 Å². The van der Waals surface area contributed by atoms with Crippen LogP contribution in [0.3, 0.4) is 0 Å². The zero-order valence-electron chi connectivity index (χ0n) is 11.1. The van der Waals surface area contributed by atoms with E-state index in [0.29, 0.717) is 23.9 Å². The molecule has 0 radical (unpaired) electrons. The predicted molar refractivity (Wildman–Crippen MR) is 77.6 cm³/mol. The monoisotopic (exact) mass is 280 g/mol. The standard InChI is InChI=1S/C14H20N2O2S/c1-19(18)10-11-4-2-5-12(8-11)14(17)16-9-13-6-3-7-15-13/h2,4-5,8,13,15H,3,6-7,9-10H2,1H3,(H,16,17). The first-order valence-electron chi connectivity index (χ1n) is 6.55. The summed E-state index contributed by atoms with van der Waals surface area (Å²) in [6, 6.07) is 7.75. The molecule has 2 unspecified atom stereocenters. The third kappa shape index (κ3) is 4.44. The van der Waals surface area contributed by atoms with Crippen molar-refractivity contribution in [1.82, 2.24) is 10.6 Å². The molecule has 0 saturated carbocycles. The molecule has 0 aliphatic carbocycles. The lowest BCUT2D eigenvalue weighted by molar-refractivity contribution is 0.0950. The van der Waals surface area contributed by atoms with Crippen LogP contribution >= 0.6 is 0 Å². The Balaban J connectivity index is 1.92. The highest BCUT2D eigenvalue weighted by atomic mass is 32.2. The fraction of sp³-hybridized carbons (Fsp3) is 0.500. The SMILES string of the molecule is CS(=O)Cc1cccc(C(=O)NCC2CCCN2)c1. The highest BCUT2D eigenvalue weighted by molar-refractivity contribution is 7.83. The van der Waals surface area contributed by atoms with Crippen LogP contribution in [0.15, 0.2) is 24.3 Å². The van der Waals surface area contributed by atoms with Gasteiger partial charge in [0.25, 0.3) is 5.91 Å². The van der Waals surface area contributed by atoms with Crippen molar-refractivity contribution in [1.29, 1.82) is 0 Å². The maximum absolute atomic E-state index is 12.0. The van der Waals surface area contributed by atoms with E-state index in [9.17, 15) is 9.00 Å². The van der Waals surface area contributed by atoms with Crippen LogP contribution in [0.5, 0.6) is 0 Å². The molecule has 5 heteroatoms. The fourth-order valence-corrected chi connectivity index (χ4v) is 2.93. The minimum atomic E-state index is -0.885. The lowest BCUT2D eigenvalue weighted by atomic mass is 10.1. The van der Waals surface area contributed by atoms with Crippen molar-refractivity contribution in [3.63, 3.8) is 0 Å². The number of hydrogen-bond acceptors (Lipinski definition) is 3. The first kappa shape index (κ1) is 14.2. The molecule has 19 heavy (non-hydrogen) atoms. The Morgan fingerprint density at radius 2 is 2.37 bits per heavy atom. The van der Waals surface area contributed by atoms with E-state index in [-0.39, 0.29) is 5.91 Å². The highest BCUT2D eigenvalue weighted by Gasteiger charge is 2.15. The molecule has 1 aromatic rings. The quantitative estimate of drug-likeness (QED) is 0.847. The van der Waals surface area contributed by atoms with Gasteiger partial charge in [0.15, 0.2) is 0 Å². The van der Waals surface area contributed by atoms with Crippen molar-refractivity contribution in [2.75, 3.05) is 19.3 Å². The molecule has 1 aromatic carbocycles. The fourth-order valence-electron chi connectivity index (χ4n) is 2.29. The summed E-state index contributed by atoms with van der Waals surface area (Å²) < 4.78 is 11.2. The molecule has 1 fully saturated rings. The summed E-state index contributed by atoms with van der Waals surface area (Å²) in [6.07, 6.45) is 3.96. The molecular weight excluding hydrogens is 260 g/mol. The van der Waals surface area contributed by atoms with Crippen molar-refractivity contribution < 1.29 is 9.00 Å². The van der Waals surface area contributed by atoms with E-state index in [1.54, 1.807) is 12.3 Å². The van der Waals surface area contributed by atoms with Crippen molar-refractivity contribution in [3.8, 4) is 0 Å².